The summed E-state index contributed by atoms with van der Waals surface area (Å²) in [6.07, 6.45) is 8.62. The largest absolute Gasteiger partial charge is 0.381 e. The van der Waals surface area contributed by atoms with Gasteiger partial charge in [0.05, 0.1) is 0 Å². The average molecular weight is 511 g/mol. The molecule has 1 unspecified atom stereocenters. The van der Waals surface area contributed by atoms with Crippen molar-refractivity contribution in [2.75, 3.05) is 59.2 Å². The van der Waals surface area contributed by atoms with Crippen LogP contribution in [0.3, 0.4) is 0 Å². The van der Waals surface area contributed by atoms with Crippen LogP contribution >= 0.6 is 24.0 Å². The van der Waals surface area contributed by atoms with Crippen LogP contribution in [0.5, 0.6) is 0 Å². The van der Waals surface area contributed by atoms with Crippen molar-refractivity contribution < 1.29 is 9.47 Å². The highest BCUT2D eigenvalue weighted by Crippen LogP contribution is 2.18. The third-order valence-electron chi connectivity index (χ3n) is 5.67. The zero-order valence-electron chi connectivity index (χ0n) is 18.1. The number of likely N-dealkylation sites (tertiary alicyclic amines) is 1. The first kappa shape index (κ1) is 25.9. The normalized spacial score (nSPS) is 21.9. The minimum Gasteiger partial charge on any atom is -0.381 e. The fourth-order valence-corrected chi connectivity index (χ4v) is 4.00. The Kier molecular flexibility index (Phi) is 15.4. The Balaban J connectivity index is 0.00000392. The Morgan fingerprint density at radius 3 is 2.71 bits per heavy atom. The van der Waals surface area contributed by atoms with Gasteiger partial charge >= 0.3 is 0 Å². The van der Waals surface area contributed by atoms with Gasteiger partial charge in [-0.3, -0.25) is 9.89 Å². The van der Waals surface area contributed by atoms with Gasteiger partial charge < -0.3 is 20.1 Å². The van der Waals surface area contributed by atoms with Gasteiger partial charge in [-0.2, -0.15) is 0 Å². The van der Waals surface area contributed by atoms with Crippen LogP contribution in [-0.4, -0.2) is 76.1 Å². The highest BCUT2D eigenvalue weighted by Gasteiger charge is 2.20. The molecule has 0 spiro atoms. The molecular formula is C21H43IN4O2. The van der Waals surface area contributed by atoms with Gasteiger partial charge in [0.25, 0.3) is 0 Å². The Bertz CT molecular complexity index is 406. The number of nitrogens with zero attached hydrogens (tertiary/aromatic N) is 2. The molecule has 2 aliphatic rings. The Labute approximate surface area is 189 Å². The minimum atomic E-state index is 0. The molecule has 0 aromatic carbocycles. The van der Waals surface area contributed by atoms with Crippen LogP contribution in [0, 0.1) is 5.92 Å². The summed E-state index contributed by atoms with van der Waals surface area (Å²) in [6.45, 7) is 12.9. The number of aliphatic imine (C=N–C) groups is 1. The number of rotatable bonds is 11. The zero-order valence-corrected chi connectivity index (χ0v) is 20.4. The van der Waals surface area contributed by atoms with E-state index in [1.54, 1.807) is 0 Å². The quantitative estimate of drug-likeness (QED) is 0.194. The molecular weight excluding hydrogens is 467 g/mol. The number of guanidine groups is 1. The maximum absolute atomic E-state index is 5.83. The van der Waals surface area contributed by atoms with Crippen molar-refractivity contribution in [1.29, 1.82) is 0 Å². The van der Waals surface area contributed by atoms with E-state index in [4.69, 9.17) is 14.5 Å². The van der Waals surface area contributed by atoms with Gasteiger partial charge in [-0.1, -0.05) is 13.3 Å². The lowest BCUT2D eigenvalue weighted by molar-refractivity contribution is 0.0205. The predicted molar refractivity (Wildman–Crippen MR) is 128 cm³/mol. The molecule has 7 heteroatoms. The smallest absolute Gasteiger partial charge is 0.191 e. The predicted octanol–water partition coefficient (Wildman–Crippen LogP) is 3.26. The third kappa shape index (κ3) is 10.6. The molecule has 0 saturated carbocycles. The first-order chi connectivity index (χ1) is 13.3. The lowest BCUT2D eigenvalue weighted by atomic mass is 10.0. The van der Waals surface area contributed by atoms with Crippen LogP contribution in [-0.2, 0) is 9.47 Å². The van der Waals surface area contributed by atoms with E-state index >= 15 is 0 Å². The molecule has 0 aromatic heterocycles. The summed E-state index contributed by atoms with van der Waals surface area (Å²) in [6, 6.07) is 0.771. The van der Waals surface area contributed by atoms with Crippen LogP contribution in [0.4, 0.5) is 0 Å². The molecule has 2 rings (SSSR count). The molecule has 2 aliphatic heterocycles. The molecule has 2 saturated heterocycles. The van der Waals surface area contributed by atoms with Gasteiger partial charge in [-0.25, -0.2) is 0 Å². The molecule has 2 fully saturated rings. The molecule has 0 bridgehead atoms. The summed E-state index contributed by atoms with van der Waals surface area (Å²) in [5.74, 6) is 1.62. The molecule has 6 nitrogen and oxygen atoms in total. The fraction of sp³-hybridized carbons (Fsp3) is 0.952. The van der Waals surface area contributed by atoms with Crippen LogP contribution in [0.15, 0.2) is 4.99 Å². The second-order valence-corrected chi connectivity index (χ2v) is 7.77. The first-order valence-corrected chi connectivity index (χ1v) is 11.2. The number of hydrogen-bond acceptors (Lipinski definition) is 4. The van der Waals surface area contributed by atoms with E-state index in [0.717, 1.165) is 83.9 Å². The van der Waals surface area contributed by atoms with E-state index in [9.17, 15) is 0 Å². The van der Waals surface area contributed by atoms with Gasteiger partial charge in [0, 0.05) is 58.6 Å². The molecule has 0 radical (unpaired) electrons. The Hall–Kier alpha value is -0.120. The van der Waals surface area contributed by atoms with Crippen molar-refractivity contribution in [1.82, 2.24) is 15.5 Å². The average Bonchev–Trinajstić information content (AvgIpc) is 2.71. The minimum absolute atomic E-state index is 0. The van der Waals surface area contributed by atoms with Crippen molar-refractivity contribution in [2.24, 2.45) is 10.9 Å². The number of ether oxygens (including phenoxy) is 2. The highest BCUT2D eigenvalue weighted by atomic mass is 127. The summed E-state index contributed by atoms with van der Waals surface area (Å²) in [5, 5.41) is 6.85. The number of halogens is 1. The summed E-state index contributed by atoms with van der Waals surface area (Å²) in [5.41, 5.74) is 0. The van der Waals surface area contributed by atoms with Gasteiger partial charge in [0.1, 0.15) is 0 Å². The molecule has 0 amide bonds. The van der Waals surface area contributed by atoms with Crippen LogP contribution in [0.2, 0.25) is 0 Å². The number of nitrogens with one attached hydrogen (secondary N) is 2. The third-order valence-corrected chi connectivity index (χ3v) is 5.67. The molecule has 28 heavy (non-hydrogen) atoms. The van der Waals surface area contributed by atoms with Crippen LogP contribution in [0.1, 0.15) is 58.8 Å². The van der Waals surface area contributed by atoms with Crippen LogP contribution in [0.25, 0.3) is 0 Å². The van der Waals surface area contributed by atoms with Crippen molar-refractivity contribution in [3.63, 3.8) is 0 Å². The molecule has 0 aliphatic carbocycles. The van der Waals surface area contributed by atoms with Crippen molar-refractivity contribution in [3.8, 4) is 0 Å². The lowest BCUT2D eigenvalue weighted by Crippen LogP contribution is -2.46. The summed E-state index contributed by atoms with van der Waals surface area (Å²) < 4.78 is 11.2. The molecule has 2 heterocycles. The van der Waals surface area contributed by atoms with Gasteiger partial charge in [-0.05, 0) is 57.9 Å². The number of hydrogen-bond donors (Lipinski definition) is 2. The van der Waals surface area contributed by atoms with Gasteiger partial charge in [-0.15, -0.1) is 24.0 Å². The highest BCUT2D eigenvalue weighted by molar-refractivity contribution is 14.0. The fourth-order valence-electron chi connectivity index (χ4n) is 4.00. The topological polar surface area (TPSA) is 58.1 Å². The van der Waals surface area contributed by atoms with Crippen molar-refractivity contribution in [2.45, 2.75) is 64.8 Å². The summed E-state index contributed by atoms with van der Waals surface area (Å²) in [4.78, 5) is 7.34. The van der Waals surface area contributed by atoms with E-state index in [-0.39, 0.29) is 24.0 Å². The van der Waals surface area contributed by atoms with E-state index in [1.165, 1.54) is 32.2 Å². The van der Waals surface area contributed by atoms with E-state index in [0.29, 0.717) is 5.92 Å². The Morgan fingerprint density at radius 1 is 1.14 bits per heavy atom. The molecule has 166 valence electrons. The second kappa shape index (κ2) is 16.7. The monoisotopic (exact) mass is 510 g/mol. The second-order valence-electron chi connectivity index (χ2n) is 7.77. The molecule has 2 N–H and O–H groups in total. The zero-order chi connectivity index (χ0) is 19.2. The van der Waals surface area contributed by atoms with E-state index < -0.39 is 0 Å². The maximum atomic E-state index is 5.83. The van der Waals surface area contributed by atoms with Crippen LogP contribution < -0.4 is 10.6 Å². The van der Waals surface area contributed by atoms with Crippen molar-refractivity contribution in [3.05, 3.63) is 0 Å². The van der Waals surface area contributed by atoms with Crippen molar-refractivity contribution >= 4 is 29.9 Å². The standard InChI is InChI=1S/C21H42N4O2.HI/c1-3-20-8-5-6-13-25(20)14-12-24-21(22-4-2)23-11-7-15-27-18-19-9-16-26-17-10-19;/h19-20H,3-18H2,1-2H3,(H2,22,23,24);1H. The summed E-state index contributed by atoms with van der Waals surface area (Å²) >= 11 is 0. The number of piperidine rings is 1. The van der Waals surface area contributed by atoms with E-state index in [2.05, 4.69) is 29.4 Å². The Morgan fingerprint density at radius 2 is 1.96 bits per heavy atom. The first-order valence-electron chi connectivity index (χ1n) is 11.2. The van der Waals surface area contributed by atoms with Gasteiger partial charge in [0.2, 0.25) is 0 Å². The lowest BCUT2D eigenvalue weighted by Gasteiger charge is -2.35. The summed E-state index contributed by atoms with van der Waals surface area (Å²) in [7, 11) is 0. The molecule has 0 aromatic rings. The maximum Gasteiger partial charge on any atom is 0.191 e. The van der Waals surface area contributed by atoms with E-state index in [1.807, 2.05) is 0 Å². The SMILES string of the molecule is CCNC(=NCCCOCC1CCOCC1)NCCN1CCCCC1CC.I. The van der Waals surface area contributed by atoms with Gasteiger partial charge in [0.15, 0.2) is 5.96 Å². The molecule has 1 atom stereocenters.